The summed E-state index contributed by atoms with van der Waals surface area (Å²) in [6.07, 6.45) is -0.475. The number of aryl methyl sites for hydroxylation is 1. The Morgan fingerprint density at radius 2 is 1.56 bits per heavy atom. The molecule has 0 aliphatic carbocycles. The molecule has 0 aliphatic heterocycles. The third kappa shape index (κ3) is 4.50. The summed E-state index contributed by atoms with van der Waals surface area (Å²) in [5, 5.41) is 8.86. The Bertz CT molecular complexity index is 1300. The molecule has 0 saturated heterocycles. The molecule has 0 aliphatic rings. The van der Waals surface area contributed by atoms with Gasteiger partial charge < -0.3 is 22.5 Å². The van der Waals surface area contributed by atoms with Crippen LogP contribution in [0.4, 0.5) is 16.2 Å². The monoisotopic (exact) mass is 449 g/mol. The molecule has 7 heteroatoms. The van der Waals surface area contributed by atoms with Crippen molar-refractivity contribution in [1.29, 1.82) is 0 Å². The van der Waals surface area contributed by atoms with Gasteiger partial charge in [0, 0.05) is 35.3 Å². The van der Waals surface area contributed by atoms with Gasteiger partial charge in [0.1, 0.15) is 7.05 Å². The summed E-state index contributed by atoms with van der Waals surface area (Å²) in [4.78, 5) is 23.3. The fourth-order valence-electron chi connectivity index (χ4n) is 3.90. The number of nitrogens with zero attached hydrogens (tertiary/aromatic N) is 1. The molecule has 0 atom stereocenters. The second-order valence-corrected chi connectivity index (χ2v) is 7.29. The lowest BCUT2D eigenvalue weighted by Crippen LogP contribution is -3.00. The van der Waals surface area contributed by atoms with Crippen molar-refractivity contribution in [2.45, 2.75) is 13.8 Å². The smallest absolute Gasteiger partial charge is 0.411 e. The standard InChI is InChI=1S/C25H23N3O3.ClH/c1-4-31-25(30)27-18-11-9-17(10-12-18)24-22-15-19(26-16(2)29)13-14-20(22)21-7-5-6-8-23(21)28(24)3;/h5-15H,4H2,1-3H3,(H,26,29);1H. The van der Waals surface area contributed by atoms with Gasteiger partial charge in [-0.15, -0.1) is 0 Å². The number of pyridine rings is 1. The summed E-state index contributed by atoms with van der Waals surface area (Å²) in [6, 6.07) is 21.9. The average Bonchev–Trinajstić information content (AvgIpc) is 2.75. The van der Waals surface area contributed by atoms with E-state index in [1.807, 2.05) is 61.6 Å². The number of rotatable bonds is 4. The molecule has 0 saturated carbocycles. The zero-order chi connectivity index (χ0) is 22.0. The van der Waals surface area contributed by atoms with Gasteiger partial charge in [0.05, 0.1) is 17.4 Å². The summed E-state index contributed by atoms with van der Waals surface area (Å²) in [7, 11) is 2.03. The first-order chi connectivity index (χ1) is 15.0. The molecule has 2 N–H and O–H groups in total. The van der Waals surface area contributed by atoms with E-state index >= 15 is 0 Å². The van der Waals surface area contributed by atoms with Crippen molar-refractivity contribution in [2.24, 2.45) is 7.05 Å². The highest BCUT2D eigenvalue weighted by molar-refractivity contribution is 6.10. The van der Waals surface area contributed by atoms with Crippen LogP contribution < -0.4 is 27.6 Å². The van der Waals surface area contributed by atoms with Crippen LogP contribution in [0.15, 0.2) is 66.7 Å². The van der Waals surface area contributed by atoms with Gasteiger partial charge in [0.2, 0.25) is 17.1 Å². The van der Waals surface area contributed by atoms with Crippen LogP contribution in [0, 0.1) is 0 Å². The number of amides is 2. The highest BCUT2D eigenvalue weighted by Gasteiger charge is 2.21. The summed E-state index contributed by atoms with van der Waals surface area (Å²) < 4.78 is 7.10. The van der Waals surface area contributed by atoms with Crippen LogP contribution in [-0.2, 0) is 16.6 Å². The fourth-order valence-corrected chi connectivity index (χ4v) is 3.90. The number of halogens is 1. The minimum Gasteiger partial charge on any atom is -1.00 e. The van der Waals surface area contributed by atoms with Crippen molar-refractivity contribution in [1.82, 2.24) is 0 Å². The predicted octanol–water partition coefficient (Wildman–Crippen LogP) is 2.02. The SMILES string of the molecule is CCOC(=O)Nc1ccc(-c2c3cc(NC(C)=O)ccc3c3ccccc3[n+]2C)cc1.[Cl-]. The molecule has 3 aromatic carbocycles. The van der Waals surface area contributed by atoms with E-state index < -0.39 is 6.09 Å². The third-order valence-corrected chi connectivity index (χ3v) is 5.17. The minimum absolute atomic E-state index is 0. The first-order valence-corrected chi connectivity index (χ1v) is 10.1. The molecule has 0 bridgehead atoms. The number of ether oxygens (including phenoxy) is 1. The van der Waals surface area contributed by atoms with Crippen LogP contribution >= 0.6 is 0 Å². The summed E-state index contributed by atoms with van der Waals surface area (Å²) in [6.45, 7) is 3.59. The molecule has 6 nitrogen and oxygen atoms in total. The first kappa shape index (κ1) is 23.0. The van der Waals surface area contributed by atoms with Crippen LogP contribution in [-0.4, -0.2) is 18.6 Å². The van der Waals surface area contributed by atoms with Crippen molar-refractivity contribution < 1.29 is 31.3 Å². The maximum Gasteiger partial charge on any atom is 0.411 e. The van der Waals surface area contributed by atoms with E-state index in [1.165, 1.54) is 6.92 Å². The summed E-state index contributed by atoms with van der Waals surface area (Å²) in [5.41, 5.74) is 4.52. The summed E-state index contributed by atoms with van der Waals surface area (Å²) in [5.74, 6) is -0.111. The number of hydrogen-bond acceptors (Lipinski definition) is 3. The molecule has 0 unspecified atom stereocenters. The van der Waals surface area contributed by atoms with Gasteiger partial charge >= 0.3 is 6.09 Å². The predicted molar refractivity (Wildman–Crippen MR) is 123 cm³/mol. The Morgan fingerprint density at radius 1 is 0.875 bits per heavy atom. The van der Waals surface area contributed by atoms with Crippen molar-refractivity contribution in [3.8, 4) is 11.3 Å². The molecule has 2 amide bonds. The van der Waals surface area contributed by atoms with Crippen LogP contribution in [0.25, 0.3) is 32.9 Å². The maximum absolute atomic E-state index is 11.7. The average molecular weight is 450 g/mol. The molecular formula is C25H24ClN3O3. The highest BCUT2D eigenvalue weighted by Crippen LogP contribution is 2.33. The number of benzene rings is 3. The second-order valence-electron chi connectivity index (χ2n) is 7.29. The lowest BCUT2D eigenvalue weighted by atomic mass is 9.98. The zero-order valence-electron chi connectivity index (χ0n) is 18.1. The Hall–Kier alpha value is -3.64. The van der Waals surface area contributed by atoms with Gasteiger partial charge in [-0.3, -0.25) is 10.1 Å². The van der Waals surface area contributed by atoms with Crippen LogP contribution in [0.1, 0.15) is 13.8 Å². The fraction of sp³-hybridized carbons (Fsp3) is 0.160. The van der Waals surface area contributed by atoms with E-state index in [0.717, 1.165) is 38.6 Å². The number of carbonyl (C=O) groups is 2. The number of anilines is 2. The Morgan fingerprint density at radius 3 is 2.25 bits per heavy atom. The van der Waals surface area contributed by atoms with Crippen LogP contribution in [0.3, 0.4) is 0 Å². The van der Waals surface area contributed by atoms with E-state index in [0.29, 0.717) is 12.3 Å². The van der Waals surface area contributed by atoms with Crippen LogP contribution in [0.5, 0.6) is 0 Å². The normalized spacial score (nSPS) is 10.5. The van der Waals surface area contributed by atoms with E-state index in [9.17, 15) is 9.59 Å². The molecule has 0 fully saturated rings. The van der Waals surface area contributed by atoms with Crippen LogP contribution in [0.2, 0.25) is 0 Å². The highest BCUT2D eigenvalue weighted by atomic mass is 35.5. The molecule has 0 spiro atoms. The van der Waals surface area contributed by atoms with Gasteiger partial charge in [-0.05, 0) is 49.4 Å². The largest absolute Gasteiger partial charge is 1.00 e. The molecule has 164 valence electrons. The molecule has 0 radical (unpaired) electrons. The molecule has 1 heterocycles. The van der Waals surface area contributed by atoms with Gasteiger partial charge in [0.25, 0.3) is 0 Å². The Labute approximate surface area is 192 Å². The van der Waals surface area contributed by atoms with Gasteiger partial charge in [-0.2, -0.15) is 4.57 Å². The number of nitrogens with one attached hydrogen (secondary N) is 2. The van der Waals surface area contributed by atoms with E-state index in [4.69, 9.17) is 4.74 Å². The van der Waals surface area contributed by atoms with Gasteiger partial charge in [0.15, 0.2) is 0 Å². The maximum atomic E-state index is 11.7. The van der Waals surface area contributed by atoms with Crippen molar-refractivity contribution in [3.63, 3.8) is 0 Å². The van der Waals surface area contributed by atoms with E-state index in [-0.39, 0.29) is 18.3 Å². The molecule has 4 aromatic rings. The van der Waals surface area contributed by atoms with Crippen molar-refractivity contribution in [3.05, 3.63) is 66.7 Å². The molecular weight excluding hydrogens is 426 g/mol. The molecule has 1 aromatic heterocycles. The first-order valence-electron chi connectivity index (χ1n) is 10.1. The van der Waals surface area contributed by atoms with Gasteiger partial charge in [-0.1, -0.05) is 18.2 Å². The molecule has 4 rings (SSSR count). The number of carbonyl (C=O) groups excluding carboxylic acids is 2. The lowest BCUT2D eigenvalue weighted by molar-refractivity contribution is -0.632. The topological polar surface area (TPSA) is 71.3 Å². The lowest BCUT2D eigenvalue weighted by Gasteiger charge is -2.12. The molecule has 32 heavy (non-hydrogen) atoms. The quantitative estimate of drug-likeness (QED) is 0.370. The van der Waals surface area contributed by atoms with Crippen molar-refractivity contribution >= 4 is 45.1 Å². The third-order valence-electron chi connectivity index (χ3n) is 5.17. The second kappa shape index (κ2) is 9.66. The van der Waals surface area contributed by atoms with E-state index in [1.54, 1.807) is 6.92 Å². The number of hydrogen-bond donors (Lipinski definition) is 2. The minimum atomic E-state index is -0.475. The van der Waals surface area contributed by atoms with E-state index in [2.05, 4.69) is 27.3 Å². The number of aromatic nitrogens is 1. The number of fused-ring (bicyclic) bond motifs is 3. The Kier molecular flexibility index (Phi) is 6.95. The summed E-state index contributed by atoms with van der Waals surface area (Å²) >= 11 is 0. The number of para-hydroxylation sites is 1. The van der Waals surface area contributed by atoms with Gasteiger partial charge in [-0.25, -0.2) is 4.79 Å². The zero-order valence-corrected chi connectivity index (χ0v) is 18.9. The van der Waals surface area contributed by atoms with Crippen molar-refractivity contribution in [2.75, 3.05) is 17.2 Å². The Balaban J connectivity index is 0.00000289.